The second kappa shape index (κ2) is 10.8. The van der Waals surface area contributed by atoms with Gasteiger partial charge < -0.3 is 19.9 Å². The van der Waals surface area contributed by atoms with Crippen molar-refractivity contribution in [2.45, 2.75) is 26.7 Å². The van der Waals surface area contributed by atoms with Crippen molar-refractivity contribution in [1.82, 2.24) is 14.9 Å². The molecule has 0 spiro atoms. The van der Waals surface area contributed by atoms with Crippen molar-refractivity contribution in [2.24, 2.45) is 5.92 Å². The van der Waals surface area contributed by atoms with Crippen molar-refractivity contribution in [3.05, 3.63) is 67.0 Å². The van der Waals surface area contributed by atoms with E-state index in [0.29, 0.717) is 12.4 Å². The molecule has 4 rings (SSSR count). The number of para-hydroxylation sites is 1. The average molecular weight is 446 g/mol. The number of nitrogens with one attached hydrogen (secondary N) is 1. The fraction of sp³-hybridized carbons (Fsp3) is 0.346. The van der Waals surface area contributed by atoms with Gasteiger partial charge in [0, 0.05) is 37.9 Å². The Bertz CT molecular complexity index is 1040. The molecule has 2 aromatic carbocycles. The summed E-state index contributed by atoms with van der Waals surface area (Å²) in [5.41, 5.74) is 0.910. The first-order valence-corrected chi connectivity index (χ1v) is 11.6. The van der Waals surface area contributed by atoms with Gasteiger partial charge >= 0.3 is 0 Å². The maximum absolute atomic E-state index is 12.8. The lowest BCUT2D eigenvalue weighted by Gasteiger charge is -2.35. The number of anilines is 3. The number of nitrogens with zero attached hydrogens (tertiary/aromatic N) is 4. The van der Waals surface area contributed by atoms with E-state index in [1.165, 1.54) is 0 Å². The average Bonchev–Trinajstić information content (AvgIpc) is 2.87. The van der Waals surface area contributed by atoms with E-state index in [0.717, 1.165) is 55.5 Å². The van der Waals surface area contributed by atoms with Gasteiger partial charge in [-0.25, -0.2) is 9.97 Å². The summed E-state index contributed by atoms with van der Waals surface area (Å²) >= 11 is 0. The molecule has 1 saturated heterocycles. The third-order valence-electron chi connectivity index (χ3n) is 5.93. The van der Waals surface area contributed by atoms with Crippen LogP contribution >= 0.6 is 0 Å². The lowest BCUT2D eigenvalue weighted by atomic mass is 9.96. The number of amides is 1. The molecule has 1 N–H and O–H groups in total. The van der Waals surface area contributed by atoms with Gasteiger partial charge in [-0.1, -0.05) is 18.2 Å². The van der Waals surface area contributed by atoms with Crippen LogP contribution in [0.2, 0.25) is 0 Å². The van der Waals surface area contributed by atoms with Crippen LogP contribution in [0, 0.1) is 5.92 Å². The maximum Gasteiger partial charge on any atom is 0.227 e. The van der Waals surface area contributed by atoms with Crippen molar-refractivity contribution in [2.75, 3.05) is 36.4 Å². The number of aromatic nitrogens is 2. The molecule has 1 aromatic heterocycles. The fourth-order valence-corrected chi connectivity index (χ4v) is 4.15. The number of carbonyl (C=O) groups excluding carboxylic acids is 1. The van der Waals surface area contributed by atoms with Gasteiger partial charge in [-0.05, 0) is 63.1 Å². The van der Waals surface area contributed by atoms with Gasteiger partial charge in [0.15, 0.2) is 0 Å². The lowest BCUT2D eigenvalue weighted by molar-refractivity contribution is -0.135. The summed E-state index contributed by atoms with van der Waals surface area (Å²) in [5, 5.41) is 3.34. The monoisotopic (exact) mass is 445 g/mol. The summed E-state index contributed by atoms with van der Waals surface area (Å²) in [7, 11) is 0. The van der Waals surface area contributed by atoms with Crippen LogP contribution in [0.4, 0.5) is 17.3 Å². The zero-order valence-corrected chi connectivity index (χ0v) is 19.3. The van der Waals surface area contributed by atoms with E-state index in [4.69, 9.17) is 4.74 Å². The lowest BCUT2D eigenvalue weighted by Crippen LogP contribution is -2.45. The standard InChI is InChI=1S/C26H31N5O2/c1-3-30(4-2)26(32)20-9-8-16-31(18-20)25-17-24(27-19-28-25)29-21-12-14-23(15-13-21)33-22-10-6-5-7-11-22/h5-7,10-15,17,19-20H,3-4,8-9,16,18H2,1-2H3,(H,27,28,29). The molecule has 1 fully saturated rings. The van der Waals surface area contributed by atoms with E-state index in [1.54, 1.807) is 6.33 Å². The molecule has 172 valence electrons. The molecular weight excluding hydrogens is 414 g/mol. The van der Waals surface area contributed by atoms with Crippen LogP contribution in [0.3, 0.4) is 0 Å². The Morgan fingerprint density at radius 3 is 2.52 bits per heavy atom. The van der Waals surface area contributed by atoms with Gasteiger partial charge in [-0.3, -0.25) is 4.79 Å². The number of benzene rings is 2. The molecule has 7 nitrogen and oxygen atoms in total. The highest BCUT2D eigenvalue weighted by molar-refractivity contribution is 5.79. The molecule has 33 heavy (non-hydrogen) atoms. The van der Waals surface area contributed by atoms with Gasteiger partial charge in [-0.15, -0.1) is 0 Å². The Morgan fingerprint density at radius 2 is 1.79 bits per heavy atom. The molecule has 1 atom stereocenters. The fourth-order valence-electron chi connectivity index (χ4n) is 4.15. The number of ether oxygens (including phenoxy) is 1. The Kier molecular flexibility index (Phi) is 7.40. The molecule has 1 aliphatic heterocycles. The van der Waals surface area contributed by atoms with Crippen molar-refractivity contribution in [3.63, 3.8) is 0 Å². The normalized spacial score (nSPS) is 15.7. The minimum Gasteiger partial charge on any atom is -0.457 e. The quantitative estimate of drug-likeness (QED) is 0.520. The van der Waals surface area contributed by atoms with Crippen LogP contribution in [0.1, 0.15) is 26.7 Å². The van der Waals surface area contributed by atoms with Crippen molar-refractivity contribution < 1.29 is 9.53 Å². The van der Waals surface area contributed by atoms with Gasteiger partial charge in [0.25, 0.3) is 0 Å². The van der Waals surface area contributed by atoms with E-state index in [1.807, 2.05) is 79.4 Å². The molecule has 0 saturated carbocycles. The zero-order chi connectivity index (χ0) is 23.0. The highest BCUT2D eigenvalue weighted by atomic mass is 16.5. The summed E-state index contributed by atoms with van der Waals surface area (Å²) < 4.78 is 5.85. The molecule has 0 aliphatic carbocycles. The molecule has 0 radical (unpaired) electrons. The van der Waals surface area contributed by atoms with Crippen molar-refractivity contribution in [3.8, 4) is 11.5 Å². The summed E-state index contributed by atoms with van der Waals surface area (Å²) in [4.78, 5) is 25.8. The van der Waals surface area contributed by atoms with E-state index in [9.17, 15) is 4.79 Å². The van der Waals surface area contributed by atoms with Crippen molar-refractivity contribution in [1.29, 1.82) is 0 Å². The molecule has 0 bridgehead atoms. The SMILES string of the molecule is CCN(CC)C(=O)C1CCCN(c2cc(Nc3ccc(Oc4ccccc4)cc3)ncn2)C1. The van der Waals surface area contributed by atoms with E-state index >= 15 is 0 Å². The Morgan fingerprint density at radius 1 is 1.06 bits per heavy atom. The van der Waals surface area contributed by atoms with Crippen LogP contribution in [0.15, 0.2) is 67.0 Å². The highest BCUT2D eigenvalue weighted by Crippen LogP contribution is 2.27. The molecule has 3 aromatic rings. The van der Waals surface area contributed by atoms with Crippen LogP contribution in [-0.4, -0.2) is 47.0 Å². The smallest absolute Gasteiger partial charge is 0.227 e. The topological polar surface area (TPSA) is 70.6 Å². The largest absolute Gasteiger partial charge is 0.457 e. The van der Waals surface area contributed by atoms with Gasteiger partial charge in [-0.2, -0.15) is 0 Å². The van der Waals surface area contributed by atoms with Crippen molar-refractivity contribution >= 4 is 23.2 Å². The summed E-state index contributed by atoms with van der Waals surface area (Å²) in [5.74, 6) is 3.39. The Hall–Kier alpha value is -3.61. The number of hydrogen-bond acceptors (Lipinski definition) is 6. The predicted molar refractivity (Wildman–Crippen MR) is 131 cm³/mol. The minimum absolute atomic E-state index is 0.0159. The first-order chi connectivity index (χ1) is 16.2. The molecular formula is C26H31N5O2. The van der Waals surface area contributed by atoms with E-state index in [2.05, 4.69) is 20.2 Å². The molecule has 2 heterocycles. The maximum atomic E-state index is 12.8. The predicted octanol–water partition coefficient (Wildman–Crippen LogP) is 5.10. The van der Waals surface area contributed by atoms with Crippen LogP contribution in [-0.2, 0) is 4.79 Å². The number of hydrogen-bond donors (Lipinski definition) is 1. The minimum atomic E-state index is 0.0159. The van der Waals surface area contributed by atoms with Gasteiger partial charge in [0.2, 0.25) is 5.91 Å². The third kappa shape index (κ3) is 5.80. The molecule has 1 unspecified atom stereocenters. The summed E-state index contributed by atoms with van der Waals surface area (Å²) in [6.45, 7) is 7.15. The summed E-state index contributed by atoms with van der Waals surface area (Å²) in [6, 6.07) is 19.4. The van der Waals surface area contributed by atoms with Gasteiger partial charge in [0.1, 0.15) is 29.5 Å². The van der Waals surface area contributed by atoms with Gasteiger partial charge in [0.05, 0.1) is 5.92 Å². The van der Waals surface area contributed by atoms with Crippen LogP contribution in [0.25, 0.3) is 0 Å². The Labute approximate surface area is 195 Å². The second-order valence-electron chi connectivity index (χ2n) is 8.12. The number of carbonyl (C=O) groups is 1. The molecule has 7 heteroatoms. The molecule has 1 amide bonds. The zero-order valence-electron chi connectivity index (χ0n) is 19.3. The third-order valence-corrected chi connectivity index (χ3v) is 5.93. The Balaban J connectivity index is 1.40. The first-order valence-electron chi connectivity index (χ1n) is 11.6. The second-order valence-corrected chi connectivity index (χ2v) is 8.12. The molecule has 1 aliphatic rings. The highest BCUT2D eigenvalue weighted by Gasteiger charge is 2.29. The van der Waals surface area contributed by atoms with E-state index in [-0.39, 0.29) is 11.8 Å². The van der Waals surface area contributed by atoms with E-state index < -0.39 is 0 Å². The van der Waals surface area contributed by atoms with Crippen LogP contribution < -0.4 is 15.0 Å². The number of rotatable bonds is 8. The number of piperidine rings is 1. The van der Waals surface area contributed by atoms with Crippen LogP contribution in [0.5, 0.6) is 11.5 Å². The first kappa shape index (κ1) is 22.6. The summed E-state index contributed by atoms with van der Waals surface area (Å²) in [6.07, 6.45) is 3.48.